The van der Waals surface area contributed by atoms with Crippen LogP contribution in [0.15, 0.2) is 114 Å². The molecule has 0 aliphatic heterocycles. The van der Waals surface area contributed by atoms with Crippen molar-refractivity contribution in [3.8, 4) is 0 Å². The van der Waals surface area contributed by atoms with Gasteiger partial charge < -0.3 is 5.32 Å². The van der Waals surface area contributed by atoms with E-state index in [9.17, 15) is 17.8 Å². The Labute approximate surface area is 243 Å². The molecule has 0 bridgehead atoms. The Balaban J connectivity index is 1.82. The number of ketones is 1. The highest BCUT2D eigenvalue weighted by Crippen LogP contribution is 2.32. The zero-order valence-corrected chi connectivity index (χ0v) is 24.4. The van der Waals surface area contributed by atoms with Gasteiger partial charge in [0.15, 0.2) is 5.78 Å². The lowest BCUT2D eigenvalue weighted by molar-refractivity contribution is -0.113. The molecule has 0 fully saturated rings. The summed E-state index contributed by atoms with van der Waals surface area (Å²) in [4.78, 5) is 14.0. The predicted molar refractivity (Wildman–Crippen MR) is 166 cm³/mol. The number of hydrogen-bond acceptors (Lipinski definition) is 4. The lowest BCUT2D eigenvalue weighted by Gasteiger charge is -2.18. The van der Waals surface area contributed by atoms with E-state index in [0.717, 1.165) is 41.5 Å². The standard InChI is InChI=1S/C35H37NO4S/c1-3-31(36-2)20-17-27-13-10-16-30(23-27)35(34(37)25-28-18-21-32(22-19-28)41(38,39)40)33(29-14-8-5-9-15-29)24-26-11-6-4-7-12-26/h4-16,18-19,21-23,31,36H,3,17,20,24-25H2,1-2H3,(H,38,39,40)/b35-33+. The first-order valence-corrected chi connectivity index (χ1v) is 15.4. The van der Waals surface area contributed by atoms with Crippen LogP contribution in [-0.2, 0) is 34.2 Å². The summed E-state index contributed by atoms with van der Waals surface area (Å²) in [5.41, 5.74) is 6.39. The maximum Gasteiger partial charge on any atom is 0.294 e. The van der Waals surface area contributed by atoms with Gasteiger partial charge in [-0.1, -0.05) is 104 Å². The molecule has 2 N–H and O–H groups in total. The quantitative estimate of drug-likeness (QED) is 0.105. The fraction of sp³-hybridized carbons (Fsp3) is 0.229. The summed E-state index contributed by atoms with van der Waals surface area (Å²) < 4.78 is 32.4. The molecule has 1 atom stereocenters. The highest BCUT2D eigenvalue weighted by molar-refractivity contribution is 7.85. The topological polar surface area (TPSA) is 83.5 Å². The predicted octanol–water partition coefficient (Wildman–Crippen LogP) is 6.83. The number of rotatable bonds is 13. The van der Waals surface area contributed by atoms with Crippen molar-refractivity contribution in [2.75, 3.05) is 7.05 Å². The van der Waals surface area contributed by atoms with Crippen molar-refractivity contribution in [3.63, 3.8) is 0 Å². The Hall–Kier alpha value is -3.84. The maximum absolute atomic E-state index is 14.2. The van der Waals surface area contributed by atoms with Crippen LogP contribution in [0.25, 0.3) is 11.1 Å². The van der Waals surface area contributed by atoms with Crippen LogP contribution in [0.4, 0.5) is 0 Å². The number of carbonyl (C=O) groups excluding carboxylic acids is 1. The van der Waals surface area contributed by atoms with Crippen LogP contribution in [0.3, 0.4) is 0 Å². The number of nitrogens with one attached hydrogen (secondary N) is 1. The molecule has 6 heteroatoms. The molecule has 0 radical (unpaired) electrons. The van der Waals surface area contributed by atoms with E-state index in [4.69, 9.17) is 0 Å². The Kier molecular flexibility index (Phi) is 10.4. The summed E-state index contributed by atoms with van der Waals surface area (Å²) in [5, 5.41) is 3.37. The van der Waals surface area contributed by atoms with Crippen molar-refractivity contribution in [1.82, 2.24) is 5.32 Å². The van der Waals surface area contributed by atoms with Crippen LogP contribution < -0.4 is 5.32 Å². The lowest BCUT2D eigenvalue weighted by Crippen LogP contribution is -2.24. The molecule has 0 aliphatic carbocycles. The Bertz CT molecular complexity index is 1570. The van der Waals surface area contributed by atoms with E-state index in [-0.39, 0.29) is 17.1 Å². The van der Waals surface area contributed by atoms with Gasteiger partial charge in [0.05, 0.1) is 4.90 Å². The minimum atomic E-state index is -4.31. The van der Waals surface area contributed by atoms with E-state index in [1.807, 2.05) is 67.7 Å². The molecular weight excluding hydrogens is 530 g/mol. The summed E-state index contributed by atoms with van der Waals surface area (Å²) in [6.45, 7) is 2.18. The largest absolute Gasteiger partial charge is 0.317 e. The number of benzene rings is 4. The van der Waals surface area contributed by atoms with Gasteiger partial charge in [0.2, 0.25) is 0 Å². The van der Waals surface area contributed by atoms with Gasteiger partial charge in [0.25, 0.3) is 10.1 Å². The first kappa shape index (κ1) is 30.1. The fourth-order valence-electron chi connectivity index (χ4n) is 5.11. The molecule has 4 rings (SSSR count). The van der Waals surface area contributed by atoms with Gasteiger partial charge in [-0.3, -0.25) is 9.35 Å². The van der Waals surface area contributed by atoms with E-state index < -0.39 is 10.1 Å². The highest BCUT2D eigenvalue weighted by atomic mass is 32.2. The highest BCUT2D eigenvalue weighted by Gasteiger charge is 2.21. The Morgan fingerprint density at radius 1 is 0.756 bits per heavy atom. The molecule has 0 amide bonds. The van der Waals surface area contributed by atoms with Crippen LogP contribution in [0.1, 0.15) is 47.6 Å². The van der Waals surface area contributed by atoms with E-state index in [1.54, 1.807) is 12.1 Å². The van der Waals surface area contributed by atoms with Crippen LogP contribution in [0, 0.1) is 0 Å². The van der Waals surface area contributed by atoms with Gasteiger partial charge >= 0.3 is 0 Å². The average Bonchev–Trinajstić information content (AvgIpc) is 2.98. The zero-order chi connectivity index (χ0) is 29.2. The van der Waals surface area contributed by atoms with Gasteiger partial charge in [0.1, 0.15) is 0 Å². The van der Waals surface area contributed by atoms with Crippen LogP contribution in [-0.4, -0.2) is 31.8 Å². The van der Waals surface area contributed by atoms with Crippen LogP contribution >= 0.6 is 0 Å². The zero-order valence-electron chi connectivity index (χ0n) is 23.6. The molecule has 0 heterocycles. The number of allylic oxidation sites excluding steroid dienone is 2. The number of aryl methyl sites for hydroxylation is 1. The van der Waals surface area contributed by atoms with Gasteiger partial charge in [-0.15, -0.1) is 0 Å². The molecule has 4 aromatic carbocycles. The summed E-state index contributed by atoms with van der Waals surface area (Å²) in [5.74, 6) is -0.0572. The average molecular weight is 568 g/mol. The fourth-order valence-corrected chi connectivity index (χ4v) is 5.59. The first-order chi connectivity index (χ1) is 19.8. The second-order valence-corrected chi connectivity index (χ2v) is 11.7. The molecule has 41 heavy (non-hydrogen) atoms. The Morgan fingerprint density at radius 3 is 1.95 bits per heavy atom. The molecule has 0 saturated heterocycles. The second kappa shape index (κ2) is 14.2. The van der Waals surface area contributed by atoms with Crippen LogP contribution in [0.5, 0.6) is 0 Å². The van der Waals surface area contributed by atoms with E-state index in [2.05, 4.69) is 36.5 Å². The number of carbonyl (C=O) groups is 1. The normalized spacial score (nSPS) is 13.0. The third-order valence-electron chi connectivity index (χ3n) is 7.41. The molecule has 0 aliphatic rings. The van der Waals surface area contributed by atoms with Gasteiger partial charge in [0, 0.05) is 18.0 Å². The molecule has 212 valence electrons. The molecule has 0 saturated carbocycles. The van der Waals surface area contributed by atoms with E-state index in [0.29, 0.717) is 23.6 Å². The van der Waals surface area contributed by atoms with Crippen LogP contribution in [0.2, 0.25) is 0 Å². The molecule has 0 aromatic heterocycles. The summed E-state index contributed by atoms with van der Waals surface area (Å²) in [7, 11) is -2.32. The number of Topliss-reactive ketones (excluding diaryl/α,β-unsaturated/α-hetero) is 1. The lowest BCUT2D eigenvalue weighted by atomic mass is 9.85. The van der Waals surface area contributed by atoms with E-state index >= 15 is 0 Å². The first-order valence-electron chi connectivity index (χ1n) is 14.0. The summed E-state index contributed by atoms with van der Waals surface area (Å²) in [6.07, 6.45) is 3.61. The molecule has 5 nitrogen and oxygen atoms in total. The van der Waals surface area contributed by atoms with Crippen molar-refractivity contribution in [2.45, 2.75) is 50.0 Å². The van der Waals surface area contributed by atoms with Crippen molar-refractivity contribution in [2.24, 2.45) is 0 Å². The summed E-state index contributed by atoms with van der Waals surface area (Å²) >= 11 is 0. The third kappa shape index (κ3) is 8.33. The Morgan fingerprint density at radius 2 is 1.34 bits per heavy atom. The molecule has 4 aromatic rings. The molecular formula is C35H37NO4S. The summed E-state index contributed by atoms with van der Waals surface area (Å²) in [6, 6.07) is 34.6. The second-order valence-electron chi connectivity index (χ2n) is 10.2. The van der Waals surface area contributed by atoms with Crippen molar-refractivity contribution >= 4 is 27.0 Å². The monoisotopic (exact) mass is 567 g/mol. The van der Waals surface area contributed by atoms with Gasteiger partial charge in [-0.2, -0.15) is 8.42 Å². The minimum absolute atomic E-state index is 0.0572. The van der Waals surface area contributed by atoms with Gasteiger partial charge in [-0.25, -0.2) is 0 Å². The minimum Gasteiger partial charge on any atom is -0.317 e. The van der Waals surface area contributed by atoms with Gasteiger partial charge in [-0.05, 0) is 78.3 Å². The smallest absolute Gasteiger partial charge is 0.294 e. The third-order valence-corrected chi connectivity index (χ3v) is 8.28. The van der Waals surface area contributed by atoms with E-state index in [1.165, 1.54) is 17.7 Å². The van der Waals surface area contributed by atoms with Crippen molar-refractivity contribution < 1.29 is 17.8 Å². The molecule has 1 unspecified atom stereocenters. The SMILES string of the molecule is CCC(CCc1cccc(/C(C(=O)Cc2ccc(S(=O)(=O)O)cc2)=C(/Cc2ccccc2)c2ccccc2)c1)NC. The number of hydrogen-bond donors (Lipinski definition) is 2. The maximum atomic E-state index is 14.2. The van der Waals surface area contributed by atoms with Crippen molar-refractivity contribution in [1.29, 1.82) is 0 Å². The van der Waals surface area contributed by atoms with Crippen molar-refractivity contribution in [3.05, 3.63) is 137 Å². The molecule has 0 spiro atoms.